The fourth-order valence-corrected chi connectivity index (χ4v) is 5.05. The second kappa shape index (κ2) is 8.35. The number of aromatic nitrogens is 4. The molecule has 35 heavy (non-hydrogen) atoms. The van der Waals surface area contributed by atoms with Gasteiger partial charge < -0.3 is 14.7 Å². The van der Waals surface area contributed by atoms with E-state index in [4.69, 9.17) is 14.7 Å². The first-order valence-corrected chi connectivity index (χ1v) is 12.2. The lowest BCUT2D eigenvalue weighted by Gasteiger charge is -2.09. The predicted octanol–water partition coefficient (Wildman–Crippen LogP) is 7.85. The highest BCUT2D eigenvalue weighted by molar-refractivity contribution is 5.94. The van der Waals surface area contributed by atoms with Gasteiger partial charge in [0.05, 0.1) is 28.9 Å². The average molecular weight is 467 g/mol. The van der Waals surface area contributed by atoms with Crippen LogP contribution in [0.3, 0.4) is 0 Å². The summed E-state index contributed by atoms with van der Waals surface area (Å²) in [6.07, 6.45) is -0.0410. The summed E-state index contributed by atoms with van der Waals surface area (Å²) in [6.45, 7) is 17.2. The van der Waals surface area contributed by atoms with Crippen LogP contribution < -0.4 is 0 Å². The summed E-state index contributed by atoms with van der Waals surface area (Å²) < 4.78 is 5.77. The van der Waals surface area contributed by atoms with Crippen LogP contribution in [0.1, 0.15) is 85.8 Å². The highest BCUT2D eigenvalue weighted by Crippen LogP contribution is 2.35. The van der Waals surface area contributed by atoms with E-state index in [0.29, 0.717) is 0 Å². The van der Waals surface area contributed by atoms with Gasteiger partial charge >= 0.3 is 0 Å². The Morgan fingerprint density at radius 1 is 0.571 bits per heavy atom. The molecular weight excluding hydrogens is 432 g/mol. The molecule has 3 aromatic heterocycles. The number of hydrogen-bond donors (Lipinski definition) is 2. The maximum absolute atomic E-state index is 5.77. The van der Waals surface area contributed by atoms with Gasteiger partial charge in [-0.2, -0.15) is 0 Å². The number of nitrogens with one attached hydrogen (secondary N) is 2. The van der Waals surface area contributed by atoms with Gasteiger partial charge in [0.25, 0.3) is 0 Å². The molecule has 5 nitrogen and oxygen atoms in total. The largest absolute Gasteiger partial charge is 0.377 e. The molecule has 0 aromatic carbocycles. The van der Waals surface area contributed by atoms with Gasteiger partial charge in [0.2, 0.25) is 0 Å². The lowest BCUT2D eigenvalue weighted by Crippen LogP contribution is -1.96. The molecule has 0 aliphatic carbocycles. The Bertz CT molecular complexity index is 1610. The summed E-state index contributed by atoms with van der Waals surface area (Å²) >= 11 is 0. The quantitative estimate of drug-likeness (QED) is 0.404. The number of aromatic amines is 2. The number of hydrogen-bond acceptors (Lipinski definition) is 3. The summed E-state index contributed by atoms with van der Waals surface area (Å²) in [5.74, 6) is 0. The van der Waals surface area contributed by atoms with Gasteiger partial charge in [-0.1, -0.05) is 0 Å². The molecule has 1 unspecified atom stereocenters. The molecule has 0 amide bonds. The van der Waals surface area contributed by atoms with Crippen molar-refractivity contribution in [1.82, 2.24) is 19.9 Å². The van der Waals surface area contributed by atoms with Gasteiger partial charge in [-0.25, -0.2) is 9.97 Å². The highest BCUT2D eigenvalue weighted by atomic mass is 16.5. The van der Waals surface area contributed by atoms with Crippen molar-refractivity contribution in [3.05, 3.63) is 69.3 Å². The van der Waals surface area contributed by atoms with Crippen LogP contribution in [0.5, 0.6) is 0 Å². The molecule has 180 valence electrons. The first-order chi connectivity index (χ1) is 16.6. The maximum atomic E-state index is 5.77. The van der Waals surface area contributed by atoms with Crippen molar-refractivity contribution < 1.29 is 4.74 Å². The summed E-state index contributed by atoms with van der Waals surface area (Å²) in [4.78, 5) is 17.4. The van der Waals surface area contributed by atoms with Crippen molar-refractivity contribution in [2.24, 2.45) is 0 Å². The zero-order valence-electron chi connectivity index (χ0n) is 22.2. The zero-order valence-corrected chi connectivity index (χ0v) is 22.2. The number of ether oxygens (including phenoxy) is 1. The molecule has 2 N–H and O–H groups in total. The van der Waals surface area contributed by atoms with Gasteiger partial charge in [-0.05, 0) is 119 Å². The molecule has 0 radical (unpaired) electrons. The van der Waals surface area contributed by atoms with Crippen LogP contribution in [0.15, 0.2) is 24.3 Å². The molecule has 0 fully saturated rings. The molecule has 0 saturated carbocycles. The monoisotopic (exact) mass is 466 g/mol. The number of rotatable bonds is 2. The van der Waals surface area contributed by atoms with Crippen molar-refractivity contribution in [1.29, 1.82) is 0 Å². The van der Waals surface area contributed by atoms with Crippen LogP contribution in [0.25, 0.3) is 44.4 Å². The summed E-state index contributed by atoms with van der Waals surface area (Å²) in [7, 11) is 1.76. The fourth-order valence-electron chi connectivity index (χ4n) is 5.05. The smallest absolute Gasteiger partial charge is 0.0816 e. The van der Waals surface area contributed by atoms with Crippen molar-refractivity contribution >= 4 is 44.4 Å². The molecule has 3 aromatic rings. The Morgan fingerprint density at radius 3 is 1.46 bits per heavy atom. The van der Waals surface area contributed by atoms with Gasteiger partial charge in [0.15, 0.2) is 0 Å². The van der Waals surface area contributed by atoms with Gasteiger partial charge in [-0.3, -0.25) is 0 Å². The van der Waals surface area contributed by atoms with Crippen LogP contribution in [0.4, 0.5) is 0 Å². The Balaban J connectivity index is 1.99. The predicted molar refractivity (Wildman–Crippen MR) is 147 cm³/mol. The van der Waals surface area contributed by atoms with E-state index in [-0.39, 0.29) is 6.10 Å². The molecule has 1 atom stereocenters. The van der Waals surface area contributed by atoms with E-state index in [1.54, 1.807) is 7.11 Å². The Labute approximate surface area is 207 Å². The lowest BCUT2D eigenvalue weighted by molar-refractivity contribution is 0.120. The molecule has 8 bridgehead atoms. The van der Waals surface area contributed by atoms with Crippen molar-refractivity contribution in [3.8, 4) is 0 Å². The van der Waals surface area contributed by atoms with Crippen LogP contribution in [-0.2, 0) is 4.74 Å². The topological polar surface area (TPSA) is 66.6 Å². The van der Waals surface area contributed by atoms with Crippen molar-refractivity contribution in [3.63, 3.8) is 0 Å². The number of nitrogens with zero attached hydrogens (tertiary/aromatic N) is 2. The van der Waals surface area contributed by atoms with Crippen LogP contribution in [0, 0.1) is 20.8 Å². The summed E-state index contributed by atoms with van der Waals surface area (Å²) in [5.41, 5.74) is 17.8. The van der Waals surface area contributed by atoms with Crippen molar-refractivity contribution in [2.45, 2.75) is 61.5 Å². The Kier molecular flexibility index (Phi) is 5.56. The first-order valence-electron chi connectivity index (χ1n) is 12.2. The molecule has 5 rings (SSSR count). The number of fused-ring (bicyclic) bond motifs is 8. The van der Waals surface area contributed by atoms with E-state index < -0.39 is 0 Å². The minimum atomic E-state index is -0.0410. The van der Waals surface area contributed by atoms with Gasteiger partial charge in [0.1, 0.15) is 0 Å². The number of allylic oxidation sites excluding steroid dienone is 4. The van der Waals surface area contributed by atoms with E-state index >= 15 is 0 Å². The van der Waals surface area contributed by atoms with Crippen LogP contribution in [0.2, 0.25) is 0 Å². The second-order valence-corrected chi connectivity index (χ2v) is 9.91. The zero-order chi connectivity index (χ0) is 25.2. The standard InChI is InChI=1S/C30H34N4O/c1-14-15(2)23-11-25-18(5)19(6)27(33-25)13-29-30(21(8)35-9)20(7)28(34-29)12-26-17(4)16(3)24(32-26)10-22(14)31-23/h10-13,21,33-34H,1-9H3. The van der Waals surface area contributed by atoms with Crippen LogP contribution in [-0.4, -0.2) is 27.0 Å². The molecule has 2 aliphatic heterocycles. The first kappa shape index (κ1) is 23.3. The lowest BCUT2D eigenvalue weighted by atomic mass is 10.0. The van der Waals surface area contributed by atoms with E-state index in [1.165, 1.54) is 44.5 Å². The van der Waals surface area contributed by atoms with E-state index in [9.17, 15) is 0 Å². The van der Waals surface area contributed by atoms with E-state index in [1.807, 2.05) is 0 Å². The van der Waals surface area contributed by atoms with E-state index in [2.05, 4.69) is 89.6 Å². The molecule has 5 heterocycles. The number of methoxy groups -OCH3 is 1. The second-order valence-electron chi connectivity index (χ2n) is 9.91. The maximum Gasteiger partial charge on any atom is 0.0816 e. The third kappa shape index (κ3) is 3.66. The SMILES string of the molecule is COC(C)c1c(C)c2cc3nc(cc4nc(cc5[nH]c(cc1[nH]2)c(C)c5C)C(C)=C4C)C(C)=C3C. The summed E-state index contributed by atoms with van der Waals surface area (Å²) in [5, 5.41) is 0. The normalized spacial score (nSPS) is 14.8. The van der Waals surface area contributed by atoms with Gasteiger partial charge in [0, 0.05) is 34.7 Å². The molecular formula is C30H34N4O. The minimum absolute atomic E-state index is 0.0410. The molecule has 5 heteroatoms. The third-order valence-corrected chi connectivity index (χ3v) is 8.04. The molecule has 0 spiro atoms. The number of aryl methyl sites for hydroxylation is 3. The third-order valence-electron chi connectivity index (χ3n) is 8.04. The summed E-state index contributed by atoms with van der Waals surface area (Å²) in [6, 6.07) is 8.67. The van der Waals surface area contributed by atoms with Crippen molar-refractivity contribution in [2.75, 3.05) is 7.11 Å². The van der Waals surface area contributed by atoms with E-state index in [0.717, 1.165) is 44.8 Å². The molecule has 2 aliphatic rings. The fraction of sp³-hybridized carbons (Fsp3) is 0.333. The van der Waals surface area contributed by atoms with Gasteiger partial charge in [-0.15, -0.1) is 0 Å². The van der Waals surface area contributed by atoms with Crippen LogP contribution >= 0.6 is 0 Å². The average Bonchev–Trinajstić information content (AvgIpc) is 3.46. The molecule has 0 saturated heterocycles. The highest BCUT2D eigenvalue weighted by Gasteiger charge is 2.19. The Morgan fingerprint density at radius 2 is 0.971 bits per heavy atom. The Hall–Kier alpha value is -3.44. The number of H-pyrrole nitrogens is 2. The minimum Gasteiger partial charge on any atom is -0.377 e.